The van der Waals surface area contributed by atoms with Crippen LogP contribution in [-0.4, -0.2) is 49.8 Å². The minimum Gasteiger partial charge on any atom is -0.372 e. The Morgan fingerprint density at radius 1 is 1.22 bits per heavy atom. The van der Waals surface area contributed by atoms with E-state index >= 15 is 0 Å². The molecule has 18 heavy (non-hydrogen) atoms. The summed E-state index contributed by atoms with van der Waals surface area (Å²) in [7, 11) is 2.23. The van der Waals surface area contributed by atoms with E-state index in [-0.39, 0.29) is 0 Å². The Bertz CT molecular complexity index is 211. The van der Waals surface area contributed by atoms with E-state index in [0.29, 0.717) is 18.2 Å². The van der Waals surface area contributed by atoms with Gasteiger partial charge in [-0.2, -0.15) is 0 Å². The molecule has 0 amide bonds. The smallest absolute Gasteiger partial charge is 0.0707 e. The third kappa shape index (κ3) is 5.68. The van der Waals surface area contributed by atoms with Gasteiger partial charge in [0.25, 0.3) is 0 Å². The molecule has 1 heterocycles. The van der Waals surface area contributed by atoms with Gasteiger partial charge in [0.05, 0.1) is 12.2 Å². The fourth-order valence-electron chi connectivity index (χ4n) is 2.64. The van der Waals surface area contributed by atoms with Crippen LogP contribution in [0.1, 0.15) is 52.9 Å². The Hall–Kier alpha value is -0.120. The van der Waals surface area contributed by atoms with E-state index in [2.05, 4.69) is 38.0 Å². The molecule has 3 atom stereocenters. The Kier molecular flexibility index (Phi) is 7.87. The number of ether oxygens (including phenoxy) is 1. The molecule has 0 bridgehead atoms. The van der Waals surface area contributed by atoms with Gasteiger partial charge in [-0.3, -0.25) is 0 Å². The van der Waals surface area contributed by atoms with Crippen molar-refractivity contribution in [1.29, 1.82) is 0 Å². The zero-order chi connectivity index (χ0) is 13.4. The maximum Gasteiger partial charge on any atom is 0.0707 e. The average Bonchev–Trinajstić information content (AvgIpc) is 2.77. The van der Waals surface area contributed by atoms with Crippen molar-refractivity contribution < 1.29 is 4.74 Å². The van der Waals surface area contributed by atoms with Crippen molar-refractivity contribution in [3.63, 3.8) is 0 Å². The van der Waals surface area contributed by atoms with E-state index in [0.717, 1.165) is 19.6 Å². The average molecular weight is 256 g/mol. The maximum absolute atomic E-state index is 6.10. The third-order valence-electron chi connectivity index (χ3n) is 3.94. The highest BCUT2D eigenvalue weighted by molar-refractivity contribution is 4.78. The van der Waals surface area contributed by atoms with Crippen molar-refractivity contribution in [2.75, 3.05) is 26.7 Å². The predicted octanol–water partition coefficient (Wildman–Crippen LogP) is 2.65. The Balaban J connectivity index is 2.17. The lowest BCUT2D eigenvalue weighted by atomic mass is 10.1. The summed E-state index contributed by atoms with van der Waals surface area (Å²) in [6, 6.07) is 0.677. The maximum atomic E-state index is 6.10. The van der Waals surface area contributed by atoms with Crippen molar-refractivity contribution in [3.05, 3.63) is 0 Å². The number of rotatable bonds is 9. The molecule has 0 aliphatic carbocycles. The van der Waals surface area contributed by atoms with E-state index in [1.54, 1.807) is 0 Å². The van der Waals surface area contributed by atoms with Crippen LogP contribution in [0.15, 0.2) is 0 Å². The lowest BCUT2D eigenvalue weighted by Crippen LogP contribution is -2.36. The molecule has 0 aromatic rings. The molecule has 3 nitrogen and oxygen atoms in total. The predicted molar refractivity (Wildman–Crippen MR) is 78.1 cm³/mol. The van der Waals surface area contributed by atoms with E-state index in [4.69, 9.17) is 4.74 Å². The minimum absolute atomic E-state index is 0.441. The molecule has 0 aromatic carbocycles. The van der Waals surface area contributed by atoms with Crippen LogP contribution in [0.4, 0.5) is 0 Å². The van der Waals surface area contributed by atoms with E-state index in [9.17, 15) is 0 Å². The molecule has 3 heteroatoms. The number of likely N-dealkylation sites (N-methyl/N-ethyl adjacent to an activating group) is 1. The largest absolute Gasteiger partial charge is 0.372 e. The van der Waals surface area contributed by atoms with Gasteiger partial charge in [0.2, 0.25) is 0 Å². The molecule has 3 unspecified atom stereocenters. The molecule has 1 rings (SSSR count). The van der Waals surface area contributed by atoms with Crippen LogP contribution in [0.2, 0.25) is 0 Å². The molecule has 1 saturated heterocycles. The highest BCUT2D eigenvalue weighted by atomic mass is 16.5. The first-order valence-corrected chi connectivity index (χ1v) is 7.73. The van der Waals surface area contributed by atoms with Crippen molar-refractivity contribution in [1.82, 2.24) is 10.2 Å². The summed E-state index contributed by atoms with van der Waals surface area (Å²) in [4.78, 5) is 2.45. The van der Waals surface area contributed by atoms with Gasteiger partial charge < -0.3 is 15.0 Å². The molecule has 1 aliphatic rings. The fourth-order valence-corrected chi connectivity index (χ4v) is 2.64. The van der Waals surface area contributed by atoms with Crippen LogP contribution in [0, 0.1) is 0 Å². The van der Waals surface area contributed by atoms with Crippen LogP contribution in [0.3, 0.4) is 0 Å². The summed E-state index contributed by atoms with van der Waals surface area (Å²) in [5, 5.41) is 3.46. The molecular weight excluding hydrogens is 224 g/mol. The van der Waals surface area contributed by atoms with Gasteiger partial charge in [-0.05, 0) is 46.2 Å². The molecule has 1 fully saturated rings. The van der Waals surface area contributed by atoms with Gasteiger partial charge in [-0.25, -0.2) is 0 Å². The molecule has 0 saturated carbocycles. The first-order valence-electron chi connectivity index (χ1n) is 7.73. The lowest BCUT2D eigenvalue weighted by Gasteiger charge is -2.27. The minimum atomic E-state index is 0.441. The normalized spacial score (nSPS) is 25.8. The summed E-state index contributed by atoms with van der Waals surface area (Å²) < 4.78 is 6.10. The van der Waals surface area contributed by atoms with Crippen LogP contribution < -0.4 is 5.32 Å². The SMILES string of the molecule is CCCNCC1CCC(CN(C)C(C)CCC)O1. The molecule has 0 aromatic heterocycles. The highest BCUT2D eigenvalue weighted by Crippen LogP contribution is 2.20. The first kappa shape index (κ1) is 15.9. The first-order chi connectivity index (χ1) is 8.67. The summed E-state index contributed by atoms with van der Waals surface area (Å²) in [5.74, 6) is 0. The number of hydrogen-bond acceptors (Lipinski definition) is 3. The third-order valence-corrected chi connectivity index (χ3v) is 3.94. The molecule has 108 valence electrons. The standard InChI is InChI=1S/C15H32N2O/c1-5-7-13(3)17(4)12-15-9-8-14(18-15)11-16-10-6-2/h13-16H,5-12H2,1-4H3. The second-order valence-corrected chi connectivity index (χ2v) is 5.74. The Morgan fingerprint density at radius 3 is 2.61 bits per heavy atom. The van der Waals surface area contributed by atoms with Gasteiger partial charge in [-0.1, -0.05) is 20.3 Å². The van der Waals surface area contributed by atoms with E-state index < -0.39 is 0 Å². The van der Waals surface area contributed by atoms with Crippen LogP contribution in [0.25, 0.3) is 0 Å². The van der Waals surface area contributed by atoms with Crippen molar-refractivity contribution in [3.8, 4) is 0 Å². The van der Waals surface area contributed by atoms with Gasteiger partial charge in [0, 0.05) is 19.1 Å². The van der Waals surface area contributed by atoms with Gasteiger partial charge in [0.1, 0.15) is 0 Å². The summed E-state index contributed by atoms with van der Waals surface area (Å²) >= 11 is 0. The summed E-state index contributed by atoms with van der Waals surface area (Å²) in [5.41, 5.74) is 0. The molecule has 0 spiro atoms. The fraction of sp³-hybridized carbons (Fsp3) is 1.00. The molecule has 0 radical (unpaired) electrons. The second-order valence-electron chi connectivity index (χ2n) is 5.74. The van der Waals surface area contributed by atoms with E-state index in [1.807, 2.05) is 0 Å². The van der Waals surface area contributed by atoms with E-state index in [1.165, 1.54) is 32.1 Å². The summed E-state index contributed by atoms with van der Waals surface area (Å²) in [6.45, 7) is 10.0. The molecule has 1 aliphatic heterocycles. The van der Waals surface area contributed by atoms with Gasteiger partial charge >= 0.3 is 0 Å². The van der Waals surface area contributed by atoms with Crippen LogP contribution >= 0.6 is 0 Å². The Morgan fingerprint density at radius 2 is 1.94 bits per heavy atom. The summed E-state index contributed by atoms with van der Waals surface area (Å²) in [6.07, 6.45) is 7.08. The molecular formula is C15H32N2O. The number of nitrogens with one attached hydrogen (secondary N) is 1. The second kappa shape index (κ2) is 8.89. The van der Waals surface area contributed by atoms with Gasteiger partial charge in [-0.15, -0.1) is 0 Å². The van der Waals surface area contributed by atoms with Crippen molar-refractivity contribution in [2.24, 2.45) is 0 Å². The van der Waals surface area contributed by atoms with Crippen molar-refractivity contribution >= 4 is 0 Å². The number of hydrogen-bond donors (Lipinski definition) is 1. The zero-order valence-corrected chi connectivity index (χ0v) is 12.7. The monoisotopic (exact) mass is 256 g/mol. The number of nitrogens with zero attached hydrogens (tertiary/aromatic N) is 1. The quantitative estimate of drug-likeness (QED) is 0.642. The zero-order valence-electron chi connectivity index (χ0n) is 12.7. The van der Waals surface area contributed by atoms with Crippen LogP contribution in [-0.2, 0) is 4.74 Å². The topological polar surface area (TPSA) is 24.5 Å². The Labute approximate surface area is 113 Å². The lowest BCUT2D eigenvalue weighted by molar-refractivity contribution is 0.0213. The highest BCUT2D eigenvalue weighted by Gasteiger charge is 2.26. The van der Waals surface area contributed by atoms with Crippen LogP contribution in [0.5, 0.6) is 0 Å². The molecule has 1 N–H and O–H groups in total. The van der Waals surface area contributed by atoms with Gasteiger partial charge in [0.15, 0.2) is 0 Å². The van der Waals surface area contributed by atoms with Crippen molar-refractivity contribution in [2.45, 2.75) is 71.1 Å².